The third kappa shape index (κ3) is 4.17. The van der Waals surface area contributed by atoms with Gasteiger partial charge >= 0.3 is 0 Å². The van der Waals surface area contributed by atoms with Gasteiger partial charge in [0, 0.05) is 31.0 Å². The van der Waals surface area contributed by atoms with Crippen LogP contribution in [0.2, 0.25) is 0 Å². The van der Waals surface area contributed by atoms with Gasteiger partial charge in [0.2, 0.25) is 5.91 Å². The molecule has 1 aromatic heterocycles. The van der Waals surface area contributed by atoms with E-state index in [1.165, 1.54) is 0 Å². The summed E-state index contributed by atoms with van der Waals surface area (Å²) in [6.45, 7) is 0.887. The number of amides is 2. The molecule has 1 atom stereocenters. The Balaban J connectivity index is 1.54. The molecule has 3 aromatic rings. The van der Waals surface area contributed by atoms with Crippen LogP contribution >= 0.6 is 0 Å². The van der Waals surface area contributed by atoms with Gasteiger partial charge in [-0.25, -0.2) is 0 Å². The first-order valence-electron chi connectivity index (χ1n) is 9.84. The number of carbonyl (C=O) groups is 2. The molecule has 0 aliphatic carbocycles. The largest absolute Gasteiger partial charge is 0.497 e. The highest BCUT2D eigenvalue weighted by Gasteiger charge is 2.34. The van der Waals surface area contributed by atoms with Gasteiger partial charge in [-0.05, 0) is 41.0 Å². The molecule has 0 radical (unpaired) electrons. The number of hydrogen-bond donors (Lipinski definition) is 1. The Hall–Kier alpha value is -3.67. The van der Waals surface area contributed by atoms with Gasteiger partial charge in [-0.15, -0.1) is 0 Å². The number of fused-ring (bicyclic) bond motifs is 1. The van der Waals surface area contributed by atoms with E-state index in [0.717, 1.165) is 22.4 Å². The first-order chi connectivity index (χ1) is 14.7. The highest BCUT2D eigenvalue weighted by atomic mass is 16.5. The molecule has 0 bridgehead atoms. The van der Waals surface area contributed by atoms with E-state index in [9.17, 15) is 9.59 Å². The van der Waals surface area contributed by atoms with E-state index in [1.807, 2.05) is 60.7 Å². The van der Waals surface area contributed by atoms with Gasteiger partial charge in [0.25, 0.3) is 5.91 Å². The maximum atomic E-state index is 13.1. The average molecular weight is 401 g/mol. The summed E-state index contributed by atoms with van der Waals surface area (Å²) in [6, 6.07) is 18.5. The van der Waals surface area contributed by atoms with Gasteiger partial charge in [-0.3, -0.25) is 14.6 Å². The lowest BCUT2D eigenvalue weighted by Crippen LogP contribution is -2.34. The van der Waals surface area contributed by atoms with Crippen molar-refractivity contribution in [3.8, 4) is 5.75 Å². The predicted octanol–water partition coefficient (Wildman–Crippen LogP) is 3.49. The van der Waals surface area contributed by atoms with Crippen LogP contribution in [0.3, 0.4) is 0 Å². The number of carbonyl (C=O) groups excluding carboxylic acids is 2. The fourth-order valence-corrected chi connectivity index (χ4v) is 3.71. The van der Waals surface area contributed by atoms with E-state index in [4.69, 9.17) is 4.74 Å². The summed E-state index contributed by atoms with van der Waals surface area (Å²) in [6.07, 6.45) is 3.59. The second-order valence-electron chi connectivity index (χ2n) is 7.22. The van der Waals surface area contributed by atoms with E-state index in [-0.39, 0.29) is 24.3 Å². The average Bonchev–Trinajstić information content (AvgIpc) is 3.13. The molecule has 2 heterocycles. The third-order valence-corrected chi connectivity index (χ3v) is 5.32. The van der Waals surface area contributed by atoms with Gasteiger partial charge in [0.05, 0.1) is 19.6 Å². The first-order valence-corrected chi connectivity index (χ1v) is 9.84. The van der Waals surface area contributed by atoms with E-state index in [1.54, 1.807) is 24.4 Å². The molecule has 152 valence electrons. The topological polar surface area (TPSA) is 71.5 Å². The number of hydrogen-bond acceptors (Lipinski definition) is 4. The predicted molar refractivity (Wildman–Crippen MR) is 113 cm³/mol. The van der Waals surface area contributed by atoms with Crippen molar-refractivity contribution in [2.45, 2.75) is 25.6 Å². The van der Waals surface area contributed by atoms with Crippen molar-refractivity contribution in [2.24, 2.45) is 0 Å². The highest BCUT2D eigenvalue weighted by molar-refractivity contribution is 5.98. The van der Waals surface area contributed by atoms with Gasteiger partial charge in [0.1, 0.15) is 5.75 Å². The lowest BCUT2D eigenvalue weighted by Gasteiger charge is -2.28. The molecule has 0 saturated carbocycles. The van der Waals surface area contributed by atoms with Crippen LogP contribution in [0.25, 0.3) is 0 Å². The quantitative estimate of drug-likeness (QED) is 0.658. The van der Waals surface area contributed by atoms with Gasteiger partial charge < -0.3 is 15.0 Å². The zero-order chi connectivity index (χ0) is 20.9. The second-order valence-corrected chi connectivity index (χ2v) is 7.22. The van der Waals surface area contributed by atoms with Gasteiger partial charge in [0.15, 0.2) is 0 Å². The van der Waals surface area contributed by atoms with Crippen LogP contribution in [-0.2, 0) is 17.9 Å². The van der Waals surface area contributed by atoms with Crippen LogP contribution in [-0.4, -0.2) is 28.8 Å². The Kier molecular flexibility index (Phi) is 5.75. The lowest BCUT2D eigenvalue weighted by molar-refractivity contribution is -0.122. The van der Waals surface area contributed by atoms with Crippen LogP contribution in [0, 0.1) is 0 Å². The number of nitrogens with one attached hydrogen (secondary N) is 1. The molecule has 1 N–H and O–H groups in total. The summed E-state index contributed by atoms with van der Waals surface area (Å²) in [5.74, 6) is 0.560. The molecule has 4 rings (SSSR count). The molecule has 0 unspecified atom stereocenters. The van der Waals surface area contributed by atoms with Gasteiger partial charge in [-0.1, -0.05) is 36.4 Å². The number of ether oxygens (including phenoxy) is 1. The summed E-state index contributed by atoms with van der Waals surface area (Å²) in [7, 11) is 1.61. The van der Waals surface area contributed by atoms with Crippen LogP contribution in [0.1, 0.15) is 39.5 Å². The molecule has 1 aliphatic heterocycles. The number of aromatic nitrogens is 1. The molecule has 2 amide bonds. The fraction of sp³-hybridized carbons (Fsp3) is 0.208. The van der Waals surface area contributed by atoms with Crippen molar-refractivity contribution in [2.75, 3.05) is 7.11 Å². The zero-order valence-electron chi connectivity index (χ0n) is 16.7. The fourth-order valence-electron chi connectivity index (χ4n) is 3.71. The molecule has 1 aliphatic rings. The molecule has 6 nitrogen and oxygen atoms in total. The van der Waals surface area contributed by atoms with E-state index in [2.05, 4.69) is 10.3 Å². The monoisotopic (exact) mass is 401 g/mol. The smallest absolute Gasteiger partial charge is 0.255 e. The van der Waals surface area contributed by atoms with Crippen molar-refractivity contribution >= 4 is 11.8 Å². The van der Waals surface area contributed by atoms with E-state index < -0.39 is 0 Å². The van der Waals surface area contributed by atoms with Crippen LogP contribution in [0.4, 0.5) is 0 Å². The number of methoxy groups -OCH3 is 1. The SMILES string of the molecule is COc1ccc([C@@H](CC(=O)NCc2cccnc2)N2Cc3ccccc3C2=O)cc1. The maximum Gasteiger partial charge on any atom is 0.255 e. The van der Waals surface area contributed by atoms with Crippen LogP contribution in [0.5, 0.6) is 5.75 Å². The van der Waals surface area contributed by atoms with Crippen molar-refractivity contribution in [3.05, 3.63) is 95.3 Å². The van der Waals surface area contributed by atoms with E-state index in [0.29, 0.717) is 18.7 Å². The Morgan fingerprint density at radius 2 is 1.93 bits per heavy atom. The van der Waals surface area contributed by atoms with Crippen molar-refractivity contribution < 1.29 is 14.3 Å². The van der Waals surface area contributed by atoms with Crippen LogP contribution in [0.15, 0.2) is 73.1 Å². The Bertz CT molecular complexity index is 1040. The zero-order valence-corrected chi connectivity index (χ0v) is 16.7. The number of pyridine rings is 1. The molecule has 0 saturated heterocycles. The van der Waals surface area contributed by atoms with Crippen molar-refractivity contribution in [1.82, 2.24) is 15.2 Å². The minimum atomic E-state index is -0.371. The summed E-state index contributed by atoms with van der Waals surface area (Å²) >= 11 is 0. The third-order valence-electron chi connectivity index (χ3n) is 5.32. The summed E-state index contributed by atoms with van der Waals surface area (Å²) in [5, 5.41) is 2.94. The Labute approximate surface area is 175 Å². The minimum absolute atomic E-state index is 0.0496. The van der Waals surface area contributed by atoms with E-state index >= 15 is 0 Å². The summed E-state index contributed by atoms with van der Waals surface area (Å²) in [5.41, 5.74) is 3.51. The first kappa shape index (κ1) is 19.6. The van der Waals surface area contributed by atoms with Crippen molar-refractivity contribution in [1.29, 1.82) is 0 Å². The summed E-state index contributed by atoms with van der Waals surface area (Å²) in [4.78, 5) is 31.7. The number of benzene rings is 2. The molecule has 2 aromatic carbocycles. The molecular weight excluding hydrogens is 378 g/mol. The Morgan fingerprint density at radius 1 is 1.13 bits per heavy atom. The van der Waals surface area contributed by atoms with Crippen LogP contribution < -0.4 is 10.1 Å². The molecule has 0 fully saturated rings. The number of nitrogens with zero attached hydrogens (tertiary/aromatic N) is 2. The highest BCUT2D eigenvalue weighted by Crippen LogP contribution is 2.34. The molecule has 30 heavy (non-hydrogen) atoms. The van der Waals surface area contributed by atoms with Crippen molar-refractivity contribution in [3.63, 3.8) is 0 Å². The minimum Gasteiger partial charge on any atom is -0.497 e. The summed E-state index contributed by atoms with van der Waals surface area (Å²) < 4.78 is 5.25. The normalized spacial score (nSPS) is 13.6. The lowest BCUT2D eigenvalue weighted by atomic mass is 10.0. The Morgan fingerprint density at radius 3 is 2.63 bits per heavy atom. The maximum absolute atomic E-state index is 13.1. The molecular formula is C24H23N3O3. The molecule has 6 heteroatoms. The molecule has 0 spiro atoms. The second kappa shape index (κ2) is 8.78. The van der Waals surface area contributed by atoms with Gasteiger partial charge in [-0.2, -0.15) is 0 Å². The standard InChI is InChI=1S/C24H23N3O3/c1-30-20-10-8-18(9-11-20)22(13-23(28)26-15-17-5-4-12-25-14-17)27-16-19-6-2-3-7-21(19)24(27)29/h2-12,14,22H,13,15-16H2,1H3,(H,26,28)/t22-/m1/s1. The number of rotatable bonds is 7.